The van der Waals surface area contributed by atoms with Crippen molar-refractivity contribution in [1.29, 1.82) is 0 Å². The smallest absolute Gasteiger partial charge is 0.306 e. The van der Waals surface area contributed by atoms with Gasteiger partial charge in [-0.2, -0.15) is 5.10 Å². The van der Waals surface area contributed by atoms with Crippen molar-refractivity contribution < 1.29 is 17.9 Å². The van der Waals surface area contributed by atoms with Gasteiger partial charge in [-0.1, -0.05) is 0 Å². The Balaban J connectivity index is 2.19. The zero-order valence-electron chi connectivity index (χ0n) is 10.0. The van der Waals surface area contributed by atoms with Crippen molar-refractivity contribution in [2.75, 3.05) is 19.4 Å². The Labute approximate surface area is 105 Å². The molecule has 0 amide bonds. The van der Waals surface area contributed by atoms with Crippen LogP contribution in [-0.4, -0.2) is 49.0 Å². The van der Waals surface area contributed by atoms with Gasteiger partial charge in [0.2, 0.25) is 10.0 Å². The highest BCUT2D eigenvalue weighted by atomic mass is 32.2. The lowest BCUT2D eigenvalue weighted by atomic mass is 10.3. The molecule has 0 aliphatic rings. The number of H-pyrrole nitrogens is 1. The molecule has 0 bridgehead atoms. The van der Waals surface area contributed by atoms with Crippen LogP contribution in [0.3, 0.4) is 0 Å². The fourth-order valence-corrected chi connectivity index (χ4v) is 2.26. The number of rotatable bonds is 8. The minimum Gasteiger partial charge on any atom is -0.469 e. The Bertz CT molecular complexity index is 457. The molecule has 0 atom stereocenters. The first kappa shape index (κ1) is 14.6. The van der Waals surface area contributed by atoms with Gasteiger partial charge in [0.15, 0.2) is 0 Å². The Morgan fingerprint density at radius 3 is 2.94 bits per heavy atom. The molecule has 0 aromatic carbocycles. The normalized spacial score (nSPS) is 11.4. The third kappa shape index (κ3) is 5.73. The van der Waals surface area contributed by atoms with Crippen molar-refractivity contribution in [2.45, 2.75) is 19.3 Å². The molecule has 0 unspecified atom stereocenters. The van der Waals surface area contributed by atoms with Gasteiger partial charge in [-0.05, 0) is 6.42 Å². The maximum Gasteiger partial charge on any atom is 0.306 e. The van der Waals surface area contributed by atoms with Gasteiger partial charge >= 0.3 is 5.97 Å². The minimum atomic E-state index is -3.42. The third-order valence-corrected chi connectivity index (χ3v) is 3.57. The molecule has 18 heavy (non-hydrogen) atoms. The predicted octanol–water partition coefficient (Wildman–Crippen LogP) is -0.780. The monoisotopic (exact) mass is 276 g/mol. The zero-order chi connectivity index (χ0) is 13.4. The molecule has 0 aliphatic carbocycles. The predicted molar refractivity (Wildman–Crippen MR) is 63.1 cm³/mol. The summed E-state index contributed by atoms with van der Waals surface area (Å²) in [7, 11) is -2.20. The summed E-state index contributed by atoms with van der Waals surface area (Å²) in [5.41, 5.74) is 0. The number of nitrogens with one attached hydrogen (secondary N) is 2. The number of sulfonamides is 1. The van der Waals surface area contributed by atoms with Crippen LogP contribution in [0.15, 0.2) is 6.33 Å². The number of methoxy groups -OCH3 is 1. The topological polar surface area (TPSA) is 114 Å². The highest BCUT2D eigenvalue weighted by Crippen LogP contribution is 1.95. The molecule has 0 saturated heterocycles. The van der Waals surface area contributed by atoms with Gasteiger partial charge in [0.1, 0.15) is 12.2 Å². The molecule has 2 N–H and O–H groups in total. The van der Waals surface area contributed by atoms with E-state index >= 15 is 0 Å². The Hall–Kier alpha value is -1.48. The number of aromatic nitrogens is 3. The number of carbonyl (C=O) groups excluding carboxylic acids is 1. The van der Waals surface area contributed by atoms with Crippen LogP contribution in [0.2, 0.25) is 0 Å². The number of nitrogens with zero attached hydrogens (tertiary/aromatic N) is 2. The van der Waals surface area contributed by atoms with E-state index in [1.807, 2.05) is 0 Å². The second-order valence-electron chi connectivity index (χ2n) is 3.58. The average molecular weight is 276 g/mol. The van der Waals surface area contributed by atoms with Crippen molar-refractivity contribution in [3.8, 4) is 0 Å². The molecular formula is C9H16N4O4S. The van der Waals surface area contributed by atoms with Crippen LogP contribution in [0.25, 0.3) is 0 Å². The second kappa shape index (κ2) is 7.07. The molecular weight excluding hydrogens is 260 g/mol. The largest absolute Gasteiger partial charge is 0.469 e. The molecule has 0 spiro atoms. The van der Waals surface area contributed by atoms with Crippen LogP contribution in [0.5, 0.6) is 0 Å². The summed E-state index contributed by atoms with van der Waals surface area (Å²) >= 11 is 0. The lowest BCUT2D eigenvalue weighted by Gasteiger charge is -2.05. The zero-order valence-corrected chi connectivity index (χ0v) is 10.9. The number of carbonyl (C=O) groups is 1. The van der Waals surface area contributed by atoms with Crippen LogP contribution >= 0.6 is 0 Å². The van der Waals surface area contributed by atoms with Crippen molar-refractivity contribution in [3.63, 3.8) is 0 Å². The first-order valence-electron chi connectivity index (χ1n) is 5.42. The van der Waals surface area contributed by atoms with E-state index in [1.54, 1.807) is 0 Å². The van der Waals surface area contributed by atoms with Gasteiger partial charge in [-0.15, -0.1) is 0 Å². The van der Waals surface area contributed by atoms with Crippen molar-refractivity contribution in [1.82, 2.24) is 19.9 Å². The first-order valence-corrected chi connectivity index (χ1v) is 7.07. The fourth-order valence-electron chi connectivity index (χ4n) is 1.23. The van der Waals surface area contributed by atoms with E-state index in [0.29, 0.717) is 25.2 Å². The molecule has 0 fully saturated rings. The Morgan fingerprint density at radius 1 is 1.56 bits per heavy atom. The number of hydrogen-bond acceptors (Lipinski definition) is 6. The molecule has 1 rings (SSSR count). The van der Waals surface area contributed by atoms with Gasteiger partial charge in [0.25, 0.3) is 0 Å². The minimum absolute atomic E-state index is 0.145. The highest BCUT2D eigenvalue weighted by Gasteiger charge is 2.12. The van der Waals surface area contributed by atoms with E-state index in [1.165, 1.54) is 13.4 Å². The van der Waals surface area contributed by atoms with E-state index in [4.69, 9.17) is 0 Å². The number of esters is 1. The van der Waals surface area contributed by atoms with Crippen LogP contribution in [0.4, 0.5) is 0 Å². The van der Waals surface area contributed by atoms with Crippen molar-refractivity contribution >= 4 is 16.0 Å². The second-order valence-corrected chi connectivity index (χ2v) is 5.50. The summed E-state index contributed by atoms with van der Waals surface area (Å²) in [6.45, 7) is 0.296. The molecule has 1 heterocycles. The SMILES string of the molecule is COC(=O)CCS(=O)(=O)NCCCc1ncn[nH]1. The van der Waals surface area contributed by atoms with Crippen LogP contribution in [-0.2, 0) is 26.0 Å². The van der Waals surface area contributed by atoms with Crippen LogP contribution in [0.1, 0.15) is 18.7 Å². The van der Waals surface area contributed by atoms with Gasteiger partial charge < -0.3 is 4.74 Å². The molecule has 1 aromatic heterocycles. The maximum absolute atomic E-state index is 11.5. The standard InChI is InChI=1S/C9H16N4O4S/c1-17-9(14)4-6-18(15,16)12-5-2-3-8-10-7-11-13-8/h7,12H,2-6H2,1H3,(H,10,11,13). The number of ether oxygens (including phenoxy) is 1. The molecule has 8 nitrogen and oxygen atoms in total. The summed E-state index contributed by atoms with van der Waals surface area (Å²) in [5.74, 6) is -0.0899. The summed E-state index contributed by atoms with van der Waals surface area (Å²) in [6.07, 6.45) is 2.47. The lowest BCUT2D eigenvalue weighted by Crippen LogP contribution is -2.28. The summed E-state index contributed by atoms with van der Waals surface area (Å²) in [5, 5.41) is 6.36. The number of aryl methyl sites for hydroxylation is 1. The van der Waals surface area contributed by atoms with Gasteiger partial charge in [-0.25, -0.2) is 18.1 Å². The van der Waals surface area contributed by atoms with Gasteiger partial charge in [-0.3, -0.25) is 9.89 Å². The van der Waals surface area contributed by atoms with E-state index in [-0.39, 0.29) is 12.2 Å². The van der Waals surface area contributed by atoms with E-state index in [2.05, 4.69) is 24.6 Å². The lowest BCUT2D eigenvalue weighted by molar-refractivity contribution is -0.140. The molecule has 102 valence electrons. The Morgan fingerprint density at radius 2 is 2.33 bits per heavy atom. The fraction of sp³-hybridized carbons (Fsp3) is 0.667. The van der Waals surface area contributed by atoms with Crippen LogP contribution in [0, 0.1) is 0 Å². The maximum atomic E-state index is 11.5. The summed E-state index contributed by atoms with van der Waals surface area (Å²) in [6, 6.07) is 0. The van der Waals surface area contributed by atoms with E-state index in [9.17, 15) is 13.2 Å². The highest BCUT2D eigenvalue weighted by molar-refractivity contribution is 7.89. The number of aromatic amines is 1. The summed E-state index contributed by atoms with van der Waals surface area (Å²) < 4.78 is 29.7. The molecule has 9 heteroatoms. The van der Waals surface area contributed by atoms with E-state index < -0.39 is 16.0 Å². The summed E-state index contributed by atoms with van der Waals surface area (Å²) in [4.78, 5) is 14.7. The molecule has 0 aliphatic heterocycles. The molecule has 1 aromatic rings. The van der Waals surface area contributed by atoms with Gasteiger partial charge in [0.05, 0.1) is 19.3 Å². The van der Waals surface area contributed by atoms with Gasteiger partial charge in [0, 0.05) is 13.0 Å². The van der Waals surface area contributed by atoms with Crippen LogP contribution < -0.4 is 4.72 Å². The number of hydrogen-bond donors (Lipinski definition) is 2. The van der Waals surface area contributed by atoms with Crippen molar-refractivity contribution in [2.24, 2.45) is 0 Å². The quantitative estimate of drug-likeness (QED) is 0.475. The third-order valence-electron chi connectivity index (χ3n) is 2.18. The Kier molecular flexibility index (Phi) is 5.72. The first-order chi connectivity index (χ1) is 8.53. The molecule has 0 saturated carbocycles. The average Bonchev–Trinajstić information content (AvgIpc) is 2.85. The van der Waals surface area contributed by atoms with E-state index in [0.717, 1.165) is 0 Å². The molecule has 0 radical (unpaired) electrons. The van der Waals surface area contributed by atoms with Crippen molar-refractivity contribution in [3.05, 3.63) is 12.2 Å².